The van der Waals surface area contributed by atoms with Gasteiger partial charge in [0, 0.05) is 62.7 Å². The van der Waals surface area contributed by atoms with Crippen LogP contribution in [0.1, 0.15) is 33.1 Å². The second-order valence-corrected chi connectivity index (χ2v) is 8.65. The van der Waals surface area contributed by atoms with Gasteiger partial charge in [-0.25, -0.2) is 0 Å². The first-order valence-corrected chi connectivity index (χ1v) is 11.2. The Morgan fingerprint density at radius 3 is 2.33 bits per heavy atom. The molecule has 0 aliphatic carbocycles. The average Bonchev–Trinajstić information content (AvgIpc) is 3.44. The zero-order chi connectivity index (χ0) is 21.5. The quantitative estimate of drug-likeness (QED) is 0.501. The highest BCUT2D eigenvalue weighted by atomic mass is 16.5. The second kappa shape index (κ2) is 10.8. The minimum Gasteiger partial charge on any atom is -0.497 e. The summed E-state index contributed by atoms with van der Waals surface area (Å²) in [5, 5.41) is 7.21. The van der Waals surface area contributed by atoms with E-state index in [4.69, 9.17) is 9.47 Å². The number of likely N-dealkylation sites (tertiary alicyclic amines) is 1. The SMILES string of the molecule is CN=C(NCC(C(C)C)N1CCCC1)NC1CCN(c2cc(OC)cc(OC)c2)C1. The Balaban J connectivity index is 1.54. The van der Waals surface area contributed by atoms with Crippen molar-refractivity contribution >= 4 is 11.6 Å². The van der Waals surface area contributed by atoms with E-state index in [0.29, 0.717) is 18.0 Å². The number of nitrogens with one attached hydrogen (secondary N) is 2. The third-order valence-electron chi connectivity index (χ3n) is 6.31. The average molecular weight is 418 g/mol. The van der Waals surface area contributed by atoms with E-state index >= 15 is 0 Å². The van der Waals surface area contributed by atoms with Gasteiger partial charge in [0.1, 0.15) is 11.5 Å². The molecule has 2 fully saturated rings. The van der Waals surface area contributed by atoms with E-state index < -0.39 is 0 Å². The third kappa shape index (κ3) is 5.72. The smallest absolute Gasteiger partial charge is 0.191 e. The van der Waals surface area contributed by atoms with E-state index in [9.17, 15) is 0 Å². The third-order valence-corrected chi connectivity index (χ3v) is 6.31. The van der Waals surface area contributed by atoms with Crippen LogP contribution in [0.25, 0.3) is 0 Å². The second-order valence-electron chi connectivity index (χ2n) is 8.65. The van der Waals surface area contributed by atoms with Gasteiger partial charge in [-0.1, -0.05) is 13.8 Å². The molecular weight excluding hydrogens is 378 g/mol. The van der Waals surface area contributed by atoms with Crippen LogP contribution in [0.2, 0.25) is 0 Å². The van der Waals surface area contributed by atoms with Gasteiger partial charge >= 0.3 is 0 Å². The number of nitrogens with zero attached hydrogens (tertiary/aromatic N) is 3. The molecule has 2 heterocycles. The summed E-state index contributed by atoms with van der Waals surface area (Å²) in [6.07, 6.45) is 3.71. The fraction of sp³-hybridized carbons (Fsp3) is 0.696. The summed E-state index contributed by atoms with van der Waals surface area (Å²) >= 11 is 0. The molecule has 7 nitrogen and oxygen atoms in total. The van der Waals surface area contributed by atoms with Gasteiger partial charge in [-0.05, 0) is 38.3 Å². The molecule has 0 radical (unpaired) electrons. The first-order valence-electron chi connectivity index (χ1n) is 11.2. The Hall–Kier alpha value is -2.15. The van der Waals surface area contributed by atoms with Crippen molar-refractivity contribution in [2.45, 2.75) is 45.2 Å². The molecular formula is C23H39N5O2. The largest absolute Gasteiger partial charge is 0.497 e. The van der Waals surface area contributed by atoms with Crippen LogP contribution in [0, 0.1) is 5.92 Å². The topological polar surface area (TPSA) is 61.4 Å². The van der Waals surface area contributed by atoms with E-state index in [2.05, 4.69) is 51.4 Å². The number of hydrogen-bond acceptors (Lipinski definition) is 5. The number of anilines is 1. The van der Waals surface area contributed by atoms with Gasteiger partial charge < -0.3 is 25.0 Å². The van der Waals surface area contributed by atoms with Crippen LogP contribution in [-0.4, -0.2) is 76.9 Å². The molecule has 0 amide bonds. The number of rotatable bonds is 8. The summed E-state index contributed by atoms with van der Waals surface area (Å²) in [6, 6.07) is 6.96. The summed E-state index contributed by atoms with van der Waals surface area (Å²) in [5.41, 5.74) is 1.13. The lowest BCUT2D eigenvalue weighted by Gasteiger charge is -2.31. The highest BCUT2D eigenvalue weighted by Crippen LogP contribution is 2.30. The fourth-order valence-corrected chi connectivity index (χ4v) is 4.54. The summed E-state index contributed by atoms with van der Waals surface area (Å²) < 4.78 is 10.9. The maximum atomic E-state index is 5.43. The molecule has 0 aromatic heterocycles. The summed E-state index contributed by atoms with van der Waals surface area (Å²) in [7, 11) is 5.24. The Morgan fingerprint density at radius 1 is 1.10 bits per heavy atom. The van der Waals surface area contributed by atoms with Crippen molar-refractivity contribution in [1.29, 1.82) is 0 Å². The highest BCUT2D eigenvalue weighted by molar-refractivity contribution is 5.80. The molecule has 0 bridgehead atoms. The van der Waals surface area contributed by atoms with Crippen LogP contribution < -0.4 is 25.0 Å². The summed E-state index contributed by atoms with van der Waals surface area (Å²) in [4.78, 5) is 9.47. The number of aliphatic imine (C=N–C) groups is 1. The van der Waals surface area contributed by atoms with Crippen molar-refractivity contribution in [1.82, 2.24) is 15.5 Å². The van der Waals surface area contributed by atoms with Gasteiger partial charge in [0.25, 0.3) is 0 Å². The molecule has 2 aliphatic heterocycles. The van der Waals surface area contributed by atoms with Crippen molar-refractivity contribution < 1.29 is 9.47 Å². The van der Waals surface area contributed by atoms with E-state index in [1.165, 1.54) is 25.9 Å². The first-order chi connectivity index (χ1) is 14.5. The molecule has 2 saturated heterocycles. The van der Waals surface area contributed by atoms with Crippen LogP contribution in [0.5, 0.6) is 11.5 Å². The predicted octanol–water partition coefficient (Wildman–Crippen LogP) is 2.57. The summed E-state index contributed by atoms with van der Waals surface area (Å²) in [6.45, 7) is 9.93. The zero-order valence-electron chi connectivity index (χ0n) is 19.3. The van der Waals surface area contributed by atoms with Crippen LogP contribution in [0.15, 0.2) is 23.2 Å². The standard InChI is InChI=1S/C23H39N5O2/c1-17(2)22(27-9-6-7-10-27)15-25-23(24-3)26-18-8-11-28(16-18)19-12-20(29-4)14-21(13-19)30-5/h12-14,17-18,22H,6-11,15-16H2,1-5H3,(H2,24,25,26). The molecule has 2 atom stereocenters. The number of ether oxygens (including phenoxy) is 2. The van der Waals surface area contributed by atoms with E-state index in [1.54, 1.807) is 14.2 Å². The van der Waals surface area contributed by atoms with Gasteiger partial charge in [0.15, 0.2) is 5.96 Å². The monoisotopic (exact) mass is 417 g/mol. The van der Waals surface area contributed by atoms with Crippen molar-refractivity contribution in [3.8, 4) is 11.5 Å². The lowest BCUT2D eigenvalue weighted by molar-refractivity contribution is 0.192. The fourth-order valence-electron chi connectivity index (χ4n) is 4.54. The number of methoxy groups -OCH3 is 2. The van der Waals surface area contributed by atoms with Crippen LogP contribution >= 0.6 is 0 Å². The van der Waals surface area contributed by atoms with Crippen LogP contribution in [0.3, 0.4) is 0 Å². The van der Waals surface area contributed by atoms with Gasteiger partial charge in [-0.2, -0.15) is 0 Å². The minimum atomic E-state index is 0.359. The lowest BCUT2D eigenvalue weighted by atomic mass is 10.0. The first kappa shape index (κ1) is 22.5. The Labute approximate surface area is 181 Å². The number of hydrogen-bond donors (Lipinski definition) is 2. The Morgan fingerprint density at radius 2 is 1.77 bits per heavy atom. The molecule has 2 aliphatic rings. The van der Waals surface area contributed by atoms with E-state index in [-0.39, 0.29) is 0 Å². The summed E-state index contributed by atoms with van der Waals surface area (Å²) in [5.74, 6) is 3.16. The van der Waals surface area contributed by atoms with Crippen molar-refractivity contribution in [3.05, 3.63) is 18.2 Å². The number of benzene rings is 1. The van der Waals surface area contributed by atoms with Crippen LogP contribution in [0.4, 0.5) is 5.69 Å². The zero-order valence-corrected chi connectivity index (χ0v) is 19.3. The van der Waals surface area contributed by atoms with E-state index in [0.717, 1.165) is 49.2 Å². The molecule has 2 unspecified atom stereocenters. The maximum absolute atomic E-state index is 5.43. The van der Waals surface area contributed by atoms with Gasteiger partial charge in [-0.3, -0.25) is 9.89 Å². The normalized spacial score (nSPS) is 21.2. The van der Waals surface area contributed by atoms with Crippen molar-refractivity contribution in [2.75, 3.05) is 58.9 Å². The Kier molecular flexibility index (Phi) is 8.08. The minimum absolute atomic E-state index is 0.359. The molecule has 7 heteroatoms. The van der Waals surface area contributed by atoms with E-state index in [1.807, 2.05) is 13.1 Å². The molecule has 1 aromatic rings. The van der Waals surface area contributed by atoms with Crippen molar-refractivity contribution in [3.63, 3.8) is 0 Å². The Bertz CT molecular complexity index is 681. The van der Waals surface area contributed by atoms with Gasteiger partial charge in [0.05, 0.1) is 14.2 Å². The number of guanidine groups is 1. The van der Waals surface area contributed by atoms with Gasteiger partial charge in [-0.15, -0.1) is 0 Å². The lowest BCUT2D eigenvalue weighted by Crippen LogP contribution is -2.50. The molecule has 168 valence electrons. The molecule has 1 aromatic carbocycles. The molecule has 0 saturated carbocycles. The molecule has 3 rings (SSSR count). The highest BCUT2D eigenvalue weighted by Gasteiger charge is 2.27. The van der Waals surface area contributed by atoms with Crippen LogP contribution in [-0.2, 0) is 0 Å². The van der Waals surface area contributed by atoms with Gasteiger partial charge in [0.2, 0.25) is 0 Å². The molecule has 0 spiro atoms. The molecule has 2 N–H and O–H groups in total. The predicted molar refractivity (Wildman–Crippen MR) is 124 cm³/mol. The van der Waals surface area contributed by atoms with Crippen molar-refractivity contribution in [2.24, 2.45) is 10.9 Å². The molecule has 30 heavy (non-hydrogen) atoms. The maximum Gasteiger partial charge on any atom is 0.191 e.